The Labute approximate surface area is 98.1 Å². The lowest BCUT2D eigenvalue weighted by molar-refractivity contribution is 0.302. The molecule has 0 radical (unpaired) electrons. The monoisotopic (exact) mass is 246 g/mol. The van der Waals surface area contributed by atoms with Crippen LogP contribution >= 0.6 is 0 Å². The highest BCUT2D eigenvalue weighted by Gasteiger charge is 2.08. The van der Waals surface area contributed by atoms with Gasteiger partial charge >= 0.3 is 11.3 Å². The Morgan fingerprint density at radius 2 is 1.89 bits per heavy atom. The van der Waals surface area contributed by atoms with Gasteiger partial charge in [0.05, 0.1) is 5.39 Å². The average molecular weight is 246 g/mol. The van der Waals surface area contributed by atoms with E-state index in [9.17, 15) is 14.7 Å². The summed E-state index contributed by atoms with van der Waals surface area (Å²) in [5, 5.41) is 13.7. The summed E-state index contributed by atoms with van der Waals surface area (Å²) in [6.45, 7) is 0. The van der Waals surface area contributed by atoms with Crippen molar-refractivity contribution in [1.29, 1.82) is 0 Å². The standard InChI is InChI=1S/C11H6N2O5/c14-6-1-2-7-8(5-6)13-12-11(7)17-9(15)3-4-10(16)18-13/h1-5,14H. The SMILES string of the molecule is O=c1ccc(=O)on2nc(o1)c1ccc(O)cc12. The quantitative estimate of drug-likeness (QED) is 0.625. The zero-order valence-corrected chi connectivity index (χ0v) is 8.86. The predicted octanol–water partition coefficient (Wildman–Crippen LogP) is 0.662. The molecular weight excluding hydrogens is 240 g/mol. The van der Waals surface area contributed by atoms with Crippen molar-refractivity contribution in [2.24, 2.45) is 0 Å². The first-order valence-corrected chi connectivity index (χ1v) is 4.97. The molecule has 3 rings (SSSR count). The molecule has 0 spiro atoms. The minimum Gasteiger partial charge on any atom is -0.508 e. The van der Waals surface area contributed by atoms with Gasteiger partial charge in [0.15, 0.2) is 0 Å². The van der Waals surface area contributed by atoms with Crippen molar-refractivity contribution >= 4 is 16.6 Å². The molecule has 0 atom stereocenters. The molecule has 0 aliphatic rings. The number of rotatable bonds is 0. The summed E-state index contributed by atoms with van der Waals surface area (Å²) >= 11 is 0. The fraction of sp³-hybridized carbons (Fsp3) is 0. The van der Waals surface area contributed by atoms with Crippen LogP contribution in [-0.4, -0.2) is 14.9 Å². The first kappa shape index (κ1) is 10.3. The molecule has 0 unspecified atom stereocenters. The summed E-state index contributed by atoms with van der Waals surface area (Å²) < 4.78 is 10.7. The molecule has 0 aliphatic heterocycles. The zero-order chi connectivity index (χ0) is 12.7. The van der Waals surface area contributed by atoms with E-state index in [0.717, 1.165) is 16.8 Å². The molecule has 7 nitrogen and oxygen atoms in total. The minimum atomic E-state index is -0.770. The van der Waals surface area contributed by atoms with E-state index in [1.165, 1.54) is 18.2 Å². The number of aromatic hydroxyl groups is 1. The van der Waals surface area contributed by atoms with Gasteiger partial charge in [-0.25, -0.2) is 9.59 Å². The van der Waals surface area contributed by atoms with Crippen molar-refractivity contribution in [2.75, 3.05) is 0 Å². The Hall–Kier alpha value is -2.83. The smallest absolute Gasteiger partial charge is 0.358 e. The van der Waals surface area contributed by atoms with Gasteiger partial charge in [0.2, 0.25) is 0 Å². The molecule has 2 bridgehead atoms. The van der Waals surface area contributed by atoms with Crippen LogP contribution in [0.5, 0.6) is 5.75 Å². The van der Waals surface area contributed by atoms with Crippen LogP contribution in [0.25, 0.3) is 16.6 Å². The maximum Gasteiger partial charge on any atom is 0.358 e. The van der Waals surface area contributed by atoms with E-state index in [-0.39, 0.29) is 11.5 Å². The molecule has 7 heteroatoms. The van der Waals surface area contributed by atoms with E-state index in [1.807, 2.05) is 0 Å². The number of benzene rings is 1. The molecule has 2 aromatic heterocycles. The molecule has 0 saturated heterocycles. The molecule has 0 saturated carbocycles. The Bertz CT molecular complexity index is 887. The molecule has 0 aliphatic carbocycles. The average Bonchev–Trinajstić information content (AvgIpc) is 2.67. The van der Waals surface area contributed by atoms with Crippen molar-refractivity contribution in [3.63, 3.8) is 0 Å². The molecular formula is C11H6N2O5. The molecule has 90 valence electrons. The lowest BCUT2D eigenvalue weighted by Gasteiger charge is -1.90. The summed E-state index contributed by atoms with van der Waals surface area (Å²) in [6.07, 6.45) is 0. The van der Waals surface area contributed by atoms with Gasteiger partial charge in [-0.3, -0.25) is 0 Å². The van der Waals surface area contributed by atoms with Crippen molar-refractivity contribution in [3.8, 4) is 5.75 Å². The maximum absolute atomic E-state index is 11.3. The van der Waals surface area contributed by atoms with Gasteiger partial charge in [-0.2, -0.15) is 0 Å². The van der Waals surface area contributed by atoms with Crippen LogP contribution in [-0.2, 0) is 0 Å². The summed E-state index contributed by atoms with van der Waals surface area (Å²) in [6, 6.07) is 6.15. The second-order valence-corrected chi connectivity index (χ2v) is 3.54. The van der Waals surface area contributed by atoms with Crippen LogP contribution in [0.1, 0.15) is 0 Å². The molecule has 2 heterocycles. The zero-order valence-electron chi connectivity index (χ0n) is 8.86. The van der Waals surface area contributed by atoms with Gasteiger partial charge in [0, 0.05) is 18.2 Å². The van der Waals surface area contributed by atoms with Gasteiger partial charge in [-0.1, -0.05) is 9.79 Å². The number of phenolic OH excluding ortho intramolecular Hbond substituents is 1. The van der Waals surface area contributed by atoms with Crippen LogP contribution in [0.4, 0.5) is 0 Å². The van der Waals surface area contributed by atoms with Crippen molar-refractivity contribution < 1.29 is 14.0 Å². The van der Waals surface area contributed by atoms with Crippen LogP contribution in [0.2, 0.25) is 0 Å². The Kier molecular flexibility index (Phi) is 2.06. The number of phenols is 1. The molecule has 0 fully saturated rings. The van der Waals surface area contributed by atoms with Gasteiger partial charge in [0.25, 0.3) is 5.71 Å². The van der Waals surface area contributed by atoms with Crippen molar-refractivity contribution in [1.82, 2.24) is 9.79 Å². The molecule has 3 aromatic rings. The summed E-state index contributed by atoms with van der Waals surface area (Å²) in [4.78, 5) is 22.7. The van der Waals surface area contributed by atoms with E-state index < -0.39 is 11.3 Å². The number of aromatic nitrogens is 2. The van der Waals surface area contributed by atoms with Crippen LogP contribution < -0.4 is 11.3 Å². The highest BCUT2D eigenvalue weighted by Crippen LogP contribution is 2.21. The van der Waals surface area contributed by atoms with Crippen molar-refractivity contribution in [2.45, 2.75) is 0 Å². The Balaban J connectivity index is 2.67. The lowest BCUT2D eigenvalue weighted by Crippen LogP contribution is -1.99. The third-order valence-corrected chi connectivity index (χ3v) is 2.33. The number of fused-ring (bicyclic) bond motifs is 5. The number of hydrogen-bond donors (Lipinski definition) is 1. The number of hydrogen-bond acceptors (Lipinski definition) is 6. The molecule has 1 N–H and O–H groups in total. The predicted molar refractivity (Wildman–Crippen MR) is 60.2 cm³/mol. The van der Waals surface area contributed by atoms with Gasteiger partial charge in [-0.05, 0) is 12.1 Å². The van der Waals surface area contributed by atoms with E-state index >= 15 is 0 Å². The fourth-order valence-electron chi connectivity index (χ4n) is 1.58. The Morgan fingerprint density at radius 3 is 2.72 bits per heavy atom. The topological polar surface area (TPSA) is 98.0 Å². The maximum atomic E-state index is 11.3. The Morgan fingerprint density at radius 1 is 1.11 bits per heavy atom. The van der Waals surface area contributed by atoms with E-state index in [2.05, 4.69) is 5.10 Å². The van der Waals surface area contributed by atoms with Crippen LogP contribution in [0, 0.1) is 0 Å². The van der Waals surface area contributed by atoms with Gasteiger partial charge < -0.3 is 14.0 Å². The van der Waals surface area contributed by atoms with Crippen LogP contribution in [0.3, 0.4) is 0 Å². The third-order valence-electron chi connectivity index (χ3n) is 2.33. The summed E-state index contributed by atoms with van der Waals surface area (Å²) in [5.74, 6) is -0.0230. The minimum absolute atomic E-state index is 0.00866. The fourth-order valence-corrected chi connectivity index (χ4v) is 1.58. The van der Waals surface area contributed by atoms with E-state index in [4.69, 9.17) is 8.94 Å². The molecule has 0 amide bonds. The van der Waals surface area contributed by atoms with Gasteiger partial charge in [0.1, 0.15) is 11.3 Å². The van der Waals surface area contributed by atoms with Crippen molar-refractivity contribution in [3.05, 3.63) is 51.2 Å². The second-order valence-electron chi connectivity index (χ2n) is 3.54. The van der Waals surface area contributed by atoms with E-state index in [1.54, 1.807) is 0 Å². The summed E-state index contributed by atoms with van der Waals surface area (Å²) in [5.41, 5.74) is -1.17. The largest absolute Gasteiger partial charge is 0.508 e. The molecule has 18 heavy (non-hydrogen) atoms. The third kappa shape index (κ3) is 1.58. The first-order chi connectivity index (χ1) is 8.63. The van der Waals surface area contributed by atoms with E-state index in [0.29, 0.717) is 10.9 Å². The van der Waals surface area contributed by atoms with Crippen LogP contribution in [0.15, 0.2) is 48.9 Å². The number of nitrogens with zero attached hydrogens (tertiary/aromatic N) is 2. The lowest BCUT2D eigenvalue weighted by atomic mass is 10.2. The normalized spacial score (nSPS) is 10.9. The first-order valence-electron chi connectivity index (χ1n) is 4.97. The molecule has 1 aromatic carbocycles. The highest BCUT2D eigenvalue weighted by molar-refractivity contribution is 5.91. The second kappa shape index (κ2) is 3.59. The van der Waals surface area contributed by atoms with Gasteiger partial charge in [-0.15, -0.1) is 0 Å². The summed E-state index contributed by atoms with van der Waals surface area (Å²) in [7, 11) is 0. The highest BCUT2D eigenvalue weighted by atomic mass is 16.5.